The molecule has 1 aliphatic carbocycles. The Labute approximate surface area is 176 Å². The third kappa shape index (κ3) is 4.48. The fourth-order valence-corrected chi connectivity index (χ4v) is 6.26. The Kier molecular flexibility index (Phi) is 6.16. The summed E-state index contributed by atoms with van der Waals surface area (Å²) in [6.45, 7) is 12.0. The summed E-state index contributed by atoms with van der Waals surface area (Å²) in [5.74, 6) is 2.83. The van der Waals surface area contributed by atoms with Gasteiger partial charge in [0.1, 0.15) is 0 Å². The standard InChI is InChI=1S/C21H32N4OS2/c1-21(2,3)16-5-6-17-15(13-16)14-18(28-17)19-22-23-20(24(19)4)27-12-9-25-7-10-26-11-8-25/h14,16H,5-13H2,1-4H3. The summed E-state index contributed by atoms with van der Waals surface area (Å²) in [7, 11) is 2.10. The van der Waals surface area contributed by atoms with Gasteiger partial charge in [-0.25, -0.2) is 0 Å². The highest BCUT2D eigenvalue weighted by molar-refractivity contribution is 7.99. The van der Waals surface area contributed by atoms with Crippen LogP contribution in [-0.4, -0.2) is 58.3 Å². The topological polar surface area (TPSA) is 43.2 Å². The van der Waals surface area contributed by atoms with Crippen LogP contribution in [-0.2, 0) is 24.6 Å². The summed E-state index contributed by atoms with van der Waals surface area (Å²) >= 11 is 3.73. The third-order valence-electron chi connectivity index (χ3n) is 6.11. The number of rotatable bonds is 5. The Bertz CT molecular complexity index is 802. The van der Waals surface area contributed by atoms with Crippen molar-refractivity contribution in [2.75, 3.05) is 38.6 Å². The summed E-state index contributed by atoms with van der Waals surface area (Å²) < 4.78 is 7.59. The fourth-order valence-electron chi connectivity index (χ4n) is 4.12. The number of thioether (sulfide) groups is 1. The van der Waals surface area contributed by atoms with Crippen LogP contribution in [0.15, 0.2) is 11.2 Å². The lowest BCUT2D eigenvalue weighted by Gasteiger charge is -2.33. The van der Waals surface area contributed by atoms with Crippen LogP contribution in [0.1, 0.15) is 37.6 Å². The van der Waals surface area contributed by atoms with Gasteiger partial charge in [0.25, 0.3) is 0 Å². The first-order valence-corrected chi connectivity index (χ1v) is 12.2. The smallest absolute Gasteiger partial charge is 0.191 e. The van der Waals surface area contributed by atoms with E-state index in [2.05, 4.69) is 53.5 Å². The highest BCUT2D eigenvalue weighted by Crippen LogP contribution is 2.42. The van der Waals surface area contributed by atoms with Crippen LogP contribution in [0, 0.1) is 11.3 Å². The molecule has 3 heterocycles. The maximum atomic E-state index is 5.42. The minimum Gasteiger partial charge on any atom is -0.379 e. The van der Waals surface area contributed by atoms with Gasteiger partial charge in [0, 0.05) is 37.3 Å². The van der Waals surface area contributed by atoms with Crippen LogP contribution in [0.25, 0.3) is 10.7 Å². The Balaban J connectivity index is 1.41. The molecule has 0 aromatic carbocycles. The molecule has 1 unspecified atom stereocenters. The van der Waals surface area contributed by atoms with Crippen LogP contribution in [0.2, 0.25) is 0 Å². The van der Waals surface area contributed by atoms with E-state index < -0.39 is 0 Å². The Morgan fingerprint density at radius 1 is 1.25 bits per heavy atom. The molecule has 7 heteroatoms. The predicted octanol–water partition coefficient (Wildman–Crippen LogP) is 4.12. The van der Waals surface area contributed by atoms with E-state index in [-0.39, 0.29) is 0 Å². The minimum atomic E-state index is 0.384. The average Bonchev–Trinajstić information content (AvgIpc) is 3.25. The Hall–Kier alpha value is -0.890. The minimum absolute atomic E-state index is 0.384. The number of morpholine rings is 1. The largest absolute Gasteiger partial charge is 0.379 e. The first-order chi connectivity index (χ1) is 13.4. The zero-order chi connectivity index (χ0) is 19.7. The quantitative estimate of drug-likeness (QED) is 0.681. The van der Waals surface area contributed by atoms with Crippen molar-refractivity contribution in [3.8, 4) is 10.7 Å². The molecular formula is C21H32N4OS2. The van der Waals surface area contributed by atoms with E-state index in [1.807, 2.05) is 11.3 Å². The lowest BCUT2D eigenvalue weighted by Crippen LogP contribution is -2.37. The molecule has 4 rings (SSSR count). The second-order valence-electron chi connectivity index (χ2n) is 9.03. The van der Waals surface area contributed by atoms with Gasteiger partial charge in [0.15, 0.2) is 11.0 Å². The van der Waals surface area contributed by atoms with Gasteiger partial charge in [0.2, 0.25) is 0 Å². The van der Waals surface area contributed by atoms with Crippen LogP contribution >= 0.6 is 23.1 Å². The zero-order valence-electron chi connectivity index (χ0n) is 17.5. The molecule has 0 spiro atoms. The van der Waals surface area contributed by atoms with E-state index in [1.165, 1.54) is 29.7 Å². The molecule has 2 aliphatic rings. The summed E-state index contributed by atoms with van der Waals surface area (Å²) in [6, 6.07) is 2.38. The van der Waals surface area contributed by atoms with E-state index in [4.69, 9.17) is 4.74 Å². The van der Waals surface area contributed by atoms with Crippen molar-refractivity contribution in [1.82, 2.24) is 19.7 Å². The van der Waals surface area contributed by atoms with E-state index in [9.17, 15) is 0 Å². The summed E-state index contributed by atoms with van der Waals surface area (Å²) in [4.78, 5) is 5.29. The van der Waals surface area contributed by atoms with Crippen LogP contribution in [0.5, 0.6) is 0 Å². The maximum absolute atomic E-state index is 5.42. The van der Waals surface area contributed by atoms with Crippen molar-refractivity contribution in [3.63, 3.8) is 0 Å². The number of aryl methyl sites for hydroxylation is 1. The lowest BCUT2D eigenvalue weighted by molar-refractivity contribution is 0.0410. The highest BCUT2D eigenvalue weighted by atomic mass is 32.2. The SMILES string of the molecule is Cn1c(SCCN2CCOCC2)nnc1-c1cc2c(s1)CCC(C(C)(C)C)C2. The van der Waals surface area contributed by atoms with Crippen molar-refractivity contribution < 1.29 is 4.74 Å². The molecule has 1 fully saturated rings. The Morgan fingerprint density at radius 2 is 2.04 bits per heavy atom. The van der Waals surface area contributed by atoms with E-state index in [0.29, 0.717) is 5.41 Å². The molecule has 1 atom stereocenters. The molecular weight excluding hydrogens is 388 g/mol. The van der Waals surface area contributed by atoms with Gasteiger partial charge >= 0.3 is 0 Å². The van der Waals surface area contributed by atoms with E-state index in [0.717, 1.165) is 55.5 Å². The van der Waals surface area contributed by atoms with Gasteiger partial charge in [-0.3, -0.25) is 4.90 Å². The van der Waals surface area contributed by atoms with Gasteiger partial charge in [-0.1, -0.05) is 32.5 Å². The maximum Gasteiger partial charge on any atom is 0.191 e. The van der Waals surface area contributed by atoms with Gasteiger partial charge in [-0.05, 0) is 42.2 Å². The number of hydrogen-bond acceptors (Lipinski definition) is 6. The zero-order valence-corrected chi connectivity index (χ0v) is 19.2. The molecule has 1 saturated heterocycles. The number of aromatic nitrogens is 3. The monoisotopic (exact) mass is 420 g/mol. The summed E-state index contributed by atoms with van der Waals surface area (Å²) in [5, 5.41) is 10.0. The Morgan fingerprint density at radius 3 is 2.79 bits per heavy atom. The molecule has 2 aromatic heterocycles. The number of nitrogens with zero attached hydrogens (tertiary/aromatic N) is 4. The van der Waals surface area contributed by atoms with Gasteiger partial charge in [-0.2, -0.15) is 0 Å². The van der Waals surface area contributed by atoms with Crippen molar-refractivity contribution in [1.29, 1.82) is 0 Å². The van der Waals surface area contributed by atoms with Gasteiger partial charge in [0.05, 0.1) is 18.1 Å². The van der Waals surface area contributed by atoms with Crippen LogP contribution in [0.4, 0.5) is 0 Å². The lowest BCUT2D eigenvalue weighted by atomic mass is 9.72. The molecule has 154 valence electrons. The molecule has 1 aliphatic heterocycles. The molecule has 2 aromatic rings. The molecule has 0 bridgehead atoms. The predicted molar refractivity (Wildman–Crippen MR) is 117 cm³/mol. The highest BCUT2D eigenvalue weighted by Gasteiger charge is 2.30. The van der Waals surface area contributed by atoms with Crippen LogP contribution in [0.3, 0.4) is 0 Å². The van der Waals surface area contributed by atoms with Crippen molar-refractivity contribution in [2.24, 2.45) is 18.4 Å². The summed E-state index contributed by atoms with van der Waals surface area (Å²) in [6.07, 6.45) is 3.72. The van der Waals surface area contributed by atoms with Crippen LogP contribution < -0.4 is 0 Å². The second-order valence-corrected chi connectivity index (χ2v) is 11.2. The normalized spacial score (nSPS) is 21.1. The molecule has 0 saturated carbocycles. The molecule has 0 amide bonds. The molecule has 28 heavy (non-hydrogen) atoms. The van der Waals surface area contributed by atoms with Crippen molar-refractivity contribution >= 4 is 23.1 Å². The van der Waals surface area contributed by atoms with E-state index in [1.54, 1.807) is 16.6 Å². The van der Waals surface area contributed by atoms with Crippen molar-refractivity contribution in [2.45, 2.75) is 45.2 Å². The first-order valence-electron chi connectivity index (χ1n) is 10.4. The molecule has 0 radical (unpaired) electrons. The fraction of sp³-hybridized carbons (Fsp3) is 0.714. The summed E-state index contributed by atoms with van der Waals surface area (Å²) in [5.41, 5.74) is 1.92. The van der Waals surface area contributed by atoms with Gasteiger partial charge in [-0.15, -0.1) is 21.5 Å². The number of fused-ring (bicyclic) bond motifs is 1. The number of ether oxygens (including phenoxy) is 1. The molecule has 0 N–H and O–H groups in total. The second kappa shape index (κ2) is 8.46. The van der Waals surface area contributed by atoms with E-state index >= 15 is 0 Å². The number of thiophene rings is 1. The van der Waals surface area contributed by atoms with Gasteiger partial charge < -0.3 is 9.30 Å². The molecule has 5 nitrogen and oxygen atoms in total. The third-order valence-corrected chi connectivity index (χ3v) is 8.34. The average molecular weight is 421 g/mol. The number of hydrogen-bond donors (Lipinski definition) is 0. The van der Waals surface area contributed by atoms with Crippen molar-refractivity contribution in [3.05, 3.63) is 16.5 Å². The first kappa shape index (κ1) is 20.4.